The molecule has 0 aromatic rings. The maximum Gasteiger partial charge on any atom is 0.472 e. The number of unbranched alkanes of at least 4 members (excludes halogenated alkanes) is 22. The summed E-state index contributed by atoms with van der Waals surface area (Å²) in [5.74, 6) is -0.192. The molecule has 312 valence electrons. The van der Waals surface area contributed by atoms with E-state index in [2.05, 4.69) is 43.5 Å². The van der Waals surface area contributed by atoms with Gasteiger partial charge in [-0.25, -0.2) is 4.57 Å². The lowest BCUT2D eigenvalue weighted by molar-refractivity contribution is -0.870. The average Bonchev–Trinajstić information content (AvgIpc) is 3.10. The standard InChI is InChI=1S/C44H85N2O6P/c1-6-8-10-12-14-16-18-19-20-21-22-23-24-25-26-27-28-30-32-34-36-38-44(48)45-42(41-52-53(49,50)51-40-39-46(3,4)5)43(47)37-35-33-31-29-17-15-13-11-9-7-2/h9,11,17,29,35,37,42-43,47H,6-8,10,12-16,18-28,30-34,36,38-41H2,1-5H3,(H-,45,48,49,50)/p+1/b11-9+,29-17+,37-35+. The highest BCUT2D eigenvalue weighted by molar-refractivity contribution is 7.47. The summed E-state index contributed by atoms with van der Waals surface area (Å²) in [6.45, 7) is 4.66. The van der Waals surface area contributed by atoms with Crippen LogP contribution in [0.3, 0.4) is 0 Å². The van der Waals surface area contributed by atoms with Crippen LogP contribution in [0, 0.1) is 0 Å². The van der Waals surface area contributed by atoms with Gasteiger partial charge in [-0.1, -0.05) is 179 Å². The molecular weight excluding hydrogens is 683 g/mol. The predicted molar refractivity (Wildman–Crippen MR) is 226 cm³/mol. The van der Waals surface area contributed by atoms with E-state index in [0.717, 1.165) is 51.4 Å². The van der Waals surface area contributed by atoms with E-state index in [1.807, 2.05) is 27.2 Å². The van der Waals surface area contributed by atoms with Crippen molar-refractivity contribution in [1.82, 2.24) is 5.32 Å². The first-order valence-electron chi connectivity index (χ1n) is 21.9. The van der Waals surface area contributed by atoms with Crippen molar-refractivity contribution in [2.24, 2.45) is 0 Å². The van der Waals surface area contributed by atoms with Gasteiger partial charge in [-0.05, 0) is 38.5 Å². The van der Waals surface area contributed by atoms with Crippen molar-refractivity contribution in [1.29, 1.82) is 0 Å². The van der Waals surface area contributed by atoms with Crippen LogP contribution in [0.5, 0.6) is 0 Å². The Labute approximate surface area is 327 Å². The second-order valence-corrected chi connectivity index (χ2v) is 17.5. The molecule has 0 fully saturated rings. The van der Waals surface area contributed by atoms with E-state index >= 15 is 0 Å². The monoisotopic (exact) mass is 770 g/mol. The summed E-state index contributed by atoms with van der Waals surface area (Å²) < 4.78 is 23.5. The number of aliphatic hydroxyl groups is 1. The Hall–Kier alpha value is -1.28. The number of allylic oxidation sites excluding steroid dienone is 5. The van der Waals surface area contributed by atoms with Crippen molar-refractivity contribution in [2.75, 3.05) is 40.9 Å². The zero-order chi connectivity index (χ0) is 39.3. The molecule has 1 amide bonds. The number of phosphoric acid groups is 1. The molecule has 3 atom stereocenters. The maximum absolute atomic E-state index is 12.8. The van der Waals surface area contributed by atoms with Crippen molar-refractivity contribution in [3.8, 4) is 0 Å². The maximum atomic E-state index is 12.8. The second-order valence-electron chi connectivity index (χ2n) is 16.0. The van der Waals surface area contributed by atoms with Crippen LogP contribution in [-0.2, 0) is 18.4 Å². The summed E-state index contributed by atoms with van der Waals surface area (Å²) in [6, 6.07) is -0.864. The van der Waals surface area contributed by atoms with Crippen LogP contribution in [0.4, 0.5) is 0 Å². The normalized spacial score (nSPS) is 14.8. The van der Waals surface area contributed by atoms with Gasteiger partial charge in [0.1, 0.15) is 13.2 Å². The van der Waals surface area contributed by atoms with Gasteiger partial charge in [0, 0.05) is 6.42 Å². The van der Waals surface area contributed by atoms with Crippen LogP contribution in [0.25, 0.3) is 0 Å². The fourth-order valence-electron chi connectivity index (χ4n) is 6.14. The molecule has 8 nitrogen and oxygen atoms in total. The molecule has 0 aliphatic rings. The van der Waals surface area contributed by atoms with E-state index in [4.69, 9.17) is 9.05 Å². The van der Waals surface area contributed by atoms with Crippen molar-refractivity contribution in [3.05, 3.63) is 36.5 Å². The summed E-state index contributed by atoms with van der Waals surface area (Å²) in [6.07, 6.45) is 43.8. The van der Waals surface area contributed by atoms with E-state index in [1.54, 1.807) is 6.08 Å². The first-order chi connectivity index (χ1) is 25.5. The first kappa shape index (κ1) is 51.7. The van der Waals surface area contributed by atoms with Crippen molar-refractivity contribution in [3.63, 3.8) is 0 Å². The van der Waals surface area contributed by atoms with Crippen LogP contribution in [0.2, 0.25) is 0 Å². The number of nitrogens with zero attached hydrogens (tertiary/aromatic N) is 1. The third kappa shape index (κ3) is 38.8. The Bertz CT molecular complexity index is 964. The Morgan fingerprint density at radius 3 is 1.49 bits per heavy atom. The van der Waals surface area contributed by atoms with Gasteiger partial charge in [0.15, 0.2) is 0 Å². The number of rotatable bonds is 39. The third-order valence-corrected chi connectivity index (χ3v) is 10.6. The largest absolute Gasteiger partial charge is 0.472 e. The van der Waals surface area contributed by atoms with Gasteiger partial charge >= 0.3 is 7.82 Å². The SMILES string of the molecule is CC/C=C/CC/C=C/CC/C=C/C(O)C(COP(=O)(O)OCC[N+](C)(C)C)NC(=O)CCCCCCCCCCCCCCCCCCCCCCC. The number of carbonyl (C=O) groups excluding carboxylic acids is 1. The van der Waals surface area contributed by atoms with E-state index < -0.39 is 20.0 Å². The summed E-state index contributed by atoms with van der Waals surface area (Å²) in [5.41, 5.74) is 0. The second kappa shape index (κ2) is 36.4. The number of phosphoric ester groups is 1. The number of carbonyl (C=O) groups is 1. The van der Waals surface area contributed by atoms with E-state index in [-0.39, 0.29) is 19.1 Å². The van der Waals surface area contributed by atoms with Crippen LogP contribution in [0.1, 0.15) is 187 Å². The van der Waals surface area contributed by atoms with Gasteiger partial charge < -0.3 is 19.8 Å². The minimum atomic E-state index is -4.34. The Morgan fingerprint density at radius 1 is 0.642 bits per heavy atom. The van der Waals surface area contributed by atoms with Crippen LogP contribution < -0.4 is 5.32 Å². The highest BCUT2D eigenvalue weighted by Crippen LogP contribution is 2.43. The fourth-order valence-corrected chi connectivity index (χ4v) is 6.87. The van der Waals surface area contributed by atoms with Crippen LogP contribution >= 0.6 is 7.82 Å². The summed E-state index contributed by atoms with van der Waals surface area (Å²) in [4.78, 5) is 23.0. The van der Waals surface area contributed by atoms with Crippen LogP contribution in [0.15, 0.2) is 36.5 Å². The molecule has 0 rings (SSSR count). The van der Waals surface area contributed by atoms with Gasteiger partial charge in [-0.15, -0.1) is 0 Å². The smallest absolute Gasteiger partial charge is 0.387 e. The van der Waals surface area contributed by atoms with Gasteiger partial charge in [0.05, 0.1) is 39.9 Å². The van der Waals surface area contributed by atoms with Crippen LogP contribution in [-0.4, -0.2) is 73.4 Å². The van der Waals surface area contributed by atoms with Gasteiger partial charge in [-0.3, -0.25) is 13.8 Å². The number of nitrogens with one attached hydrogen (secondary N) is 1. The molecule has 0 bridgehead atoms. The quantitative estimate of drug-likeness (QED) is 0.0249. The predicted octanol–water partition coefficient (Wildman–Crippen LogP) is 11.9. The summed E-state index contributed by atoms with van der Waals surface area (Å²) in [7, 11) is 1.55. The Balaban J connectivity index is 4.28. The lowest BCUT2D eigenvalue weighted by Crippen LogP contribution is -2.45. The first-order valence-corrected chi connectivity index (χ1v) is 23.4. The fraction of sp³-hybridized carbons (Fsp3) is 0.841. The molecule has 9 heteroatoms. The molecule has 3 unspecified atom stereocenters. The highest BCUT2D eigenvalue weighted by atomic mass is 31.2. The van der Waals surface area contributed by atoms with Crippen molar-refractivity contribution < 1.29 is 32.9 Å². The molecule has 0 spiro atoms. The molecule has 0 aliphatic heterocycles. The molecule has 53 heavy (non-hydrogen) atoms. The third-order valence-electron chi connectivity index (χ3n) is 9.60. The van der Waals surface area contributed by atoms with E-state index in [0.29, 0.717) is 17.4 Å². The number of quaternary nitrogens is 1. The Morgan fingerprint density at radius 2 is 1.06 bits per heavy atom. The zero-order valence-corrected chi connectivity index (χ0v) is 36.1. The van der Waals surface area contributed by atoms with Crippen molar-refractivity contribution in [2.45, 2.75) is 199 Å². The molecule has 0 aromatic carbocycles. The number of aliphatic hydroxyl groups excluding tert-OH is 1. The zero-order valence-electron chi connectivity index (χ0n) is 35.3. The molecular formula is C44H86N2O6P+. The lowest BCUT2D eigenvalue weighted by atomic mass is 10.0. The molecule has 0 radical (unpaired) electrons. The number of hydrogen-bond donors (Lipinski definition) is 3. The van der Waals surface area contributed by atoms with E-state index in [1.165, 1.54) is 116 Å². The number of amides is 1. The average molecular weight is 770 g/mol. The van der Waals surface area contributed by atoms with Gasteiger partial charge in [0.25, 0.3) is 0 Å². The van der Waals surface area contributed by atoms with Gasteiger partial charge in [-0.2, -0.15) is 0 Å². The summed E-state index contributed by atoms with van der Waals surface area (Å²) in [5, 5.41) is 13.7. The minimum Gasteiger partial charge on any atom is -0.387 e. The number of hydrogen-bond acceptors (Lipinski definition) is 5. The molecule has 0 aliphatic carbocycles. The van der Waals surface area contributed by atoms with Gasteiger partial charge in [0.2, 0.25) is 5.91 Å². The van der Waals surface area contributed by atoms with E-state index in [9.17, 15) is 19.4 Å². The minimum absolute atomic E-state index is 0.0542. The molecule has 0 saturated heterocycles. The topological polar surface area (TPSA) is 105 Å². The molecule has 0 saturated carbocycles. The molecule has 0 heterocycles. The highest BCUT2D eigenvalue weighted by Gasteiger charge is 2.27. The summed E-state index contributed by atoms with van der Waals surface area (Å²) >= 11 is 0. The number of likely N-dealkylation sites (N-methyl/N-ethyl adjacent to an activating group) is 1. The lowest BCUT2D eigenvalue weighted by Gasteiger charge is -2.25. The molecule has 0 aromatic heterocycles. The van der Waals surface area contributed by atoms with Crippen molar-refractivity contribution >= 4 is 13.7 Å². The Kier molecular flexibility index (Phi) is 35.5. The molecule has 3 N–H and O–H groups in total.